The highest BCUT2D eigenvalue weighted by molar-refractivity contribution is 7.58. The van der Waals surface area contributed by atoms with Gasteiger partial charge in [0.1, 0.15) is 5.54 Å². The molecule has 1 aliphatic rings. The quantitative estimate of drug-likeness (QED) is 0.230. The largest absolute Gasteiger partial charge is 0.467 e. The van der Waals surface area contributed by atoms with Crippen molar-refractivity contribution in [1.29, 1.82) is 0 Å². The van der Waals surface area contributed by atoms with Crippen molar-refractivity contribution in [3.8, 4) is 0 Å². The van der Waals surface area contributed by atoms with E-state index in [1.165, 1.54) is 19.2 Å². The molecular weight excluding hydrogens is 423 g/mol. The average Bonchev–Trinajstić information content (AvgIpc) is 2.75. The van der Waals surface area contributed by atoms with Gasteiger partial charge in [0.2, 0.25) is 0 Å². The third-order valence-electron chi connectivity index (χ3n) is 5.14. The number of hydrogen-bond donors (Lipinski definition) is 1. The van der Waals surface area contributed by atoms with Crippen LogP contribution >= 0.6 is 7.60 Å². The highest BCUT2D eigenvalue weighted by Crippen LogP contribution is 2.64. The molecule has 31 heavy (non-hydrogen) atoms. The summed E-state index contributed by atoms with van der Waals surface area (Å²) in [5.74, 6) is -1.09. The van der Waals surface area contributed by atoms with Gasteiger partial charge in [-0.15, -0.1) is 0 Å². The van der Waals surface area contributed by atoms with E-state index in [1.54, 1.807) is 26.0 Å². The fourth-order valence-corrected chi connectivity index (χ4v) is 6.07. The molecule has 0 bridgehead atoms. The summed E-state index contributed by atoms with van der Waals surface area (Å²) >= 11 is 0. The van der Waals surface area contributed by atoms with Crippen molar-refractivity contribution in [2.24, 2.45) is 0 Å². The van der Waals surface area contributed by atoms with Crippen LogP contribution in [0.2, 0.25) is 0 Å². The van der Waals surface area contributed by atoms with Gasteiger partial charge in [0.25, 0.3) is 5.69 Å². The minimum Gasteiger partial charge on any atom is -0.467 e. The van der Waals surface area contributed by atoms with E-state index < -0.39 is 29.9 Å². The van der Waals surface area contributed by atoms with Gasteiger partial charge in [0.05, 0.1) is 30.6 Å². The van der Waals surface area contributed by atoms with E-state index in [0.717, 1.165) is 0 Å². The SMILES string of the molecule is CCCOP(=O)(OCCC)C1=C(C)NC(C)(C(=O)OC)CC1c1cccc([N+](=O)[O-])c1. The summed E-state index contributed by atoms with van der Waals surface area (Å²) in [5.41, 5.74) is -0.170. The summed E-state index contributed by atoms with van der Waals surface area (Å²) in [6.45, 7) is 7.65. The maximum Gasteiger partial charge on any atom is 0.359 e. The number of non-ortho nitro benzene ring substituents is 1. The van der Waals surface area contributed by atoms with Crippen molar-refractivity contribution in [2.75, 3.05) is 20.3 Å². The number of nitrogens with zero attached hydrogens (tertiary/aromatic N) is 1. The Balaban J connectivity index is 2.68. The summed E-state index contributed by atoms with van der Waals surface area (Å²) in [6, 6.07) is 6.12. The smallest absolute Gasteiger partial charge is 0.359 e. The topological polar surface area (TPSA) is 117 Å². The second kappa shape index (κ2) is 10.4. The van der Waals surface area contributed by atoms with Gasteiger partial charge in [-0.1, -0.05) is 26.0 Å². The van der Waals surface area contributed by atoms with E-state index in [4.69, 9.17) is 13.8 Å². The second-order valence-corrected chi connectivity index (χ2v) is 9.72. The number of nitro benzene ring substituents is 1. The summed E-state index contributed by atoms with van der Waals surface area (Å²) < 4.78 is 30.5. The third kappa shape index (κ3) is 5.53. The maximum atomic E-state index is 14.0. The summed E-state index contributed by atoms with van der Waals surface area (Å²) in [5, 5.41) is 14.9. The number of hydrogen-bond acceptors (Lipinski definition) is 8. The van der Waals surface area contributed by atoms with Crippen molar-refractivity contribution in [1.82, 2.24) is 5.32 Å². The molecule has 0 aromatic heterocycles. The molecule has 9 nitrogen and oxygen atoms in total. The lowest BCUT2D eigenvalue weighted by Crippen LogP contribution is -2.53. The van der Waals surface area contributed by atoms with Crippen LogP contribution in [0.1, 0.15) is 58.4 Å². The lowest BCUT2D eigenvalue weighted by molar-refractivity contribution is -0.384. The van der Waals surface area contributed by atoms with E-state index >= 15 is 0 Å². The fourth-order valence-electron chi connectivity index (χ4n) is 3.78. The first-order valence-electron chi connectivity index (χ1n) is 10.3. The average molecular weight is 454 g/mol. The van der Waals surface area contributed by atoms with E-state index in [9.17, 15) is 19.5 Å². The first kappa shape index (κ1) is 25.0. The normalized spacial score (nSPS) is 21.5. The van der Waals surface area contributed by atoms with Crippen molar-refractivity contribution in [2.45, 2.75) is 58.4 Å². The van der Waals surface area contributed by atoms with Gasteiger partial charge in [0, 0.05) is 23.7 Å². The molecule has 0 radical (unpaired) electrons. The molecule has 10 heteroatoms. The predicted octanol–water partition coefficient (Wildman–Crippen LogP) is 4.88. The molecule has 1 N–H and O–H groups in total. The van der Waals surface area contributed by atoms with Crippen LogP contribution in [0.3, 0.4) is 0 Å². The molecule has 0 aliphatic carbocycles. The fraction of sp³-hybridized carbons (Fsp3) is 0.571. The molecule has 0 spiro atoms. The Hall–Kier alpha value is -2.22. The molecule has 0 amide bonds. The van der Waals surface area contributed by atoms with Crippen LogP contribution in [0.15, 0.2) is 35.3 Å². The monoisotopic (exact) mass is 454 g/mol. The number of benzene rings is 1. The van der Waals surface area contributed by atoms with Crippen molar-refractivity contribution >= 4 is 19.3 Å². The van der Waals surface area contributed by atoms with Crippen LogP contribution in [0.25, 0.3) is 0 Å². The Morgan fingerprint density at radius 1 is 1.29 bits per heavy atom. The van der Waals surface area contributed by atoms with Gasteiger partial charge in [-0.25, -0.2) is 4.79 Å². The third-order valence-corrected chi connectivity index (χ3v) is 7.42. The van der Waals surface area contributed by atoms with E-state index in [-0.39, 0.29) is 25.3 Å². The highest BCUT2D eigenvalue weighted by atomic mass is 31.2. The van der Waals surface area contributed by atoms with Crippen LogP contribution in [0.5, 0.6) is 0 Å². The minimum absolute atomic E-state index is 0.0911. The standard InChI is InChI=1S/C21H31N2O7P/c1-6-11-29-31(27,30-12-7-2)19-15(3)22-21(4,20(24)28-5)14-18(19)16-9-8-10-17(13-16)23(25)26/h8-10,13,18,22H,6-7,11-12,14H2,1-5H3. The number of nitrogens with one attached hydrogen (secondary N) is 1. The Bertz CT molecular complexity index is 889. The maximum absolute atomic E-state index is 14.0. The van der Waals surface area contributed by atoms with Crippen LogP contribution in [-0.2, 0) is 23.1 Å². The van der Waals surface area contributed by atoms with Crippen molar-refractivity contribution in [3.63, 3.8) is 0 Å². The van der Waals surface area contributed by atoms with Gasteiger partial charge in [-0.3, -0.25) is 14.7 Å². The van der Waals surface area contributed by atoms with Gasteiger partial charge < -0.3 is 19.1 Å². The van der Waals surface area contributed by atoms with Gasteiger partial charge in [0.15, 0.2) is 0 Å². The van der Waals surface area contributed by atoms with Crippen molar-refractivity contribution < 1.29 is 28.1 Å². The zero-order valence-electron chi connectivity index (χ0n) is 18.7. The Kier molecular flexibility index (Phi) is 8.40. The van der Waals surface area contributed by atoms with Crippen LogP contribution < -0.4 is 5.32 Å². The Morgan fingerprint density at radius 2 is 1.90 bits per heavy atom. The first-order chi connectivity index (χ1) is 14.6. The lowest BCUT2D eigenvalue weighted by atomic mass is 9.80. The number of rotatable bonds is 10. The first-order valence-corrected chi connectivity index (χ1v) is 11.9. The minimum atomic E-state index is -3.74. The molecule has 2 rings (SSSR count). The van der Waals surface area contributed by atoms with E-state index in [1.807, 2.05) is 13.8 Å². The van der Waals surface area contributed by atoms with Crippen LogP contribution in [-0.4, -0.2) is 36.8 Å². The van der Waals surface area contributed by atoms with Gasteiger partial charge in [-0.2, -0.15) is 0 Å². The van der Waals surface area contributed by atoms with Crippen LogP contribution in [0.4, 0.5) is 5.69 Å². The Morgan fingerprint density at radius 3 is 2.42 bits per heavy atom. The molecule has 0 saturated heterocycles. The van der Waals surface area contributed by atoms with E-state index in [0.29, 0.717) is 29.4 Å². The zero-order chi connectivity index (χ0) is 23.2. The second-order valence-electron chi connectivity index (χ2n) is 7.73. The molecule has 1 aliphatic heterocycles. The summed E-state index contributed by atoms with van der Waals surface area (Å²) in [4.78, 5) is 23.4. The van der Waals surface area contributed by atoms with Gasteiger partial charge in [-0.05, 0) is 38.7 Å². The zero-order valence-corrected chi connectivity index (χ0v) is 19.6. The van der Waals surface area contributed by atoms with Gasteiger partial charge >= 0.3 is 13.6 Å². The molecule has 172 valence electrons. The molecule has 1 aromatic carbocycles. The Labute approximate surface area is 182 Å². The number of ether oxygens (including phenoxy) is 1. The van der Waals surface area contributed by atoms with E-state index in [2.05, 4.69) is 5.32 Å². The van der Waals surface area contributed by atoms with Crippen LogP contribution in [0, 0.1) is 10.1 Å². The highest BCUT2D eigenvalue weighted by Gasteiger charge is 2.48. The molecule has 1 heterocycles. The molecule has 2 atom stereocenters. The molecule has 2 unspecified atom stereocenters. The predicted molar refractivity (Wildman–Crippen MR) is 117 cm³/mol. The number of carbonyl (C=O) groups excluding carboxylic acids is 1. The number of allylic oxidation sites excluding steroid dienone is 2. The molecule has 0 saturated carbocycles. The number of methoxy groups -OCH3 is 1. The molecular formula is C21H31N2O7P. The number of esters is 1. The number of nitro groups is 1. The summed E-state index contributed by atoms with van der Waals surface area (Å²) in [6.07, 6.45) is 1.45. The number of carbonyl (C=O) groups is 1. The molecule has 1 aromatic rings. The lowest BCUT2D eigenvalue weighted by Gasteiger charge is -2.41. The van der Waals surface area contributed by atoms with Crippen molar-refractivity contribution in [3.05, 3.63) is 51.0 Å². The molecule has 0 fully saturated rings. The summed E-state index contributed by atoms with van der Waals surface area (Å²) in [7, 11) is -2.45.